The number of aromatic nitrogens is 1. The molecule has 7 nitrogen and oxygen atoms in total. The molecule has 0 saturated heterocycles. The Labute approximate surface area is 181 Å². The minimum Gasteiger partial charge on any atom is -0.379 e. The molecule has 0 radical (unpaired) electrons. The number of anilines is 1. The third-order valence-corrected chi connectivity index (χ3v) is 5.88. The number of hydrogen-bond acceptors (Lipinski definition) is 4. The number of carbonyl (C=O) groups excluding carboxylic acids is 2. The zero-order chi connectivity index (χ0) is 22.9. The Kier molecular flexibility index (Phi) is 6.62. The number of nitrogens with one attached hydrogen (secondary N) is 2. The zero-order valence-electron chi connectivity index (χ0n) is 18.5. The van der Waals surface area contributed by atoms with E-state index < -0.39 is 12.0 Å². The maximum absolute atomic E-state index is 13.7. The van der Waals surface area contributed by atoms with Gasteiger partial charge < -0.3 is 20.3 Å². The van der Waals surface area contributed by atoms with Gasteiger partial charge in [0.25, 0.3) is 11.8 Å². The van der Waals surface area contributed by atoms with Crippen molar-refractivity contribution in [2.45, 2.75) is 33.9 Å². The van der Waals surface area contributed by atoms with E-state index in [0.29, 0.717) is 47.7 Å². The van der Waals surface area contributed by atoms with E-state index in [1.807, 2.05) is 37.3 Å². The first-order valence-electron chi connectivity index (χ1n) is 10.3. The molecule has 1 aromatic carbocycles. The molecule has 1 aliphatic rings. The number of aliphatic hydroxyl groups excluding tert-OH is 1. The highest BCUT2D eigenvalue weighted by Gasteiger charge is 2.27. The molecule has 1 aromatic heterocycles. The van der Waals surface area contributed by atoms with Gasteiger partial charge in [0.1, 0.15) is 12.0 Å². The van der Waals surface area contributed by atoms with Crippen LogP contribution < -0.4 is 10.6 Å². The summed E-state index contributed by atoms with van der Waals surface area (Å²) in [5.74, 6) is -0.929. The summed E-state index contributed by atoms with van der Waals surface area (Å²) in [6, 6.07) is 4.18. The number of fused-ring (bicyclic) bond motifs is 1. The number of amides is 2. The van der Waals surface area contributed by atoms with Gasteiger partial charge in [-0.3, -0.25) is 14.5 Å². The minimum atomic E-state index is -0.578. The van der Waals surface area contributed by atoms with E-state index in [4.69, 9.17) is 0 Å². The van der Waals surface area contributed by atoms with Crippen LogP contribution in [0.2, 0.25) is 0 Å². The van der Waals surface area contributed by atoms with Crippen LogP contribution in [0.15, 0.2) is 18.2 Å². The third-order valence-electron chi connectivity index (χ3n) is 5.88. The van der Waals surface area contributed by atoms with E-state index in [1.165, 1.54) is 18.2 Å². The molecule has 8 heteroatoms. The molecule has 1 atom stereocenters. The van der Waals surface area contributed by atoms with Crippen LogP contribution >= 0.6 is 0 Å². The maximum Gasteiger partial charge on any atom is 0.256 e. The molecule has 0 aliphatic carbocycles. The molecule has 0 bridgehead atoms. The van der Waals surface area contributed by atoms with Gasteiger partial charge in [0.2, 0.25) is 0 Å². The second-order valence-corrected chi connectivity index (χ2v) is 7.75. The number of benzene rings is 1. The number of aliphatic hydroxyl groups is 1. The smallest absolute Gasteiger partial charge is 0.256 e. The summed E-state index contributed by atoms with van der Waals surface area (Å²) in [6.45, 7) is 8.94. The van der Waals surface area contributed by atoms with Crippen molar-refractivity contribution >= 4 is 29.2 Å². The van der Waals surface area contributed by atoms with Crippen molar-refractivity contribution in [3.63, 3.8) is 0 Å². The quantitative estimate of drug-likeness (QED) is 0.468. The molecular formula is C23H29FN4O3. The number of nitrogens with zero attached hydrogens (tertiary/aromatic N) is 2. The fourth-order valence-corrected chi connectivity index (χ4v) is 3.99. The summed E-state index contributed by atoms with van der Waals surface area (Å²) < 4.78 is 15.6. The van der Waals surface area contributed by atoms with Gasteiger partial charge in [-0.1, -0.05) is 6.92 Å². The summed E-state index contributed by atoms with van der Waals surface area (Å²) in [5.41, 5.74) is 4.20. The second kappa shape index (κ2) is 9.03. The zero-order valence-corrected chi connectivity index (χ0v) is 18.5. The van der Waals surface area contributed by atoms with Crippen molar-refractivity contribution in [2.24, 2.45) is 7.05 Å². The molecule has 1 aliphatic heterocycles. The number of rotatable bonds is 7. The molecule has 2 heterocycles. The summed E-state index contributed by atoms with van der Waals surface area (Å²) in [7, 11) is 1.83. The molecular weight excluding hydrogens is 399 g/mol. The lowest BCUT2D eigenvalue weighted by Crippen LogP contribution is -2.39. The Balaban J connectivity index is 1.88. The number of halogens is 1. The van der Waals surface area contributed by atoms with Gasteiger partial charge in [-0.15, -0.1) is 0 Å². The topological polar surface area (TPSA) is 86.6 Å². The van der Waals surface area contributed by atoms with E-state index in [-0.39, 0.29) is 11.8 Å². The predicted molar refractivity (Wildman–Crippen MR) is 119 cm³/mol. The summed E-state index contributed by atoms with van der Waals surface area (Å²) in [6.07, 6.45) is 1.12. The van der Waals surface area contributed by atoms with E-state index in [1.54, 1.807) is 13.0 Å². The first-order valence-corrected chi connectivity index (χ1v) is 10.3. The fraction of sp³-hybridized carbons (Fsp3) is 0.391. The lowest BCUT2D eigenvalue weighted by atomic mass is 10.0. The molecule has 3 rings (SSSR count). The molecule has 2 amide bonds. The second-order valence-electron chi connectivity index (χ2n) is 7.75. The van der Waals surface area contributed by atoms with Crippen LogP contribution in [0.5, 0.6) is 0 Å². The fourth-order valence-electron chi connectivity index (χ4n) is 3.99. The van der Waals surface area contributed by atoms with Crippen molar-refractivity contribution in [1.29, 1.82) is 0 Å². The first kappa shape index (κ1) is 22.7. The summed E-state index contributed by atoms with van der Waals surface area (Å²) >= 11 is 0. The van der Waals surface area contributed by atoms with E-state index in [2.05, 4.69) is 10.6 Å². The monoisotopic (exact) mass is 428 g/mol. The molecule has 0 fully saturated rings. The SMILES string of the molecule is CCN(CCNC(=O)c1c(C)c(C=C2C(=O)Nc3ccc(F)cc32)n(C)c1C)C(C)O. The third kappa shape index (κ3) is 4.40. The van der Waals surface area contributed by atoms with Crippen molar-refractivity contribution in [3.8, 4) is 0 Å². The Morgan fingerprint density at radius 2 is 2.10 bits per heavy atom. The average Bonchev–Trinajstić information content (AvgIpc) is 3.13. The average molecular weight is 429 g/mol. The van der Waals surface area contributed by atoms with Crippen LogP contribution in [0.4, 0.5) is 10.1 Å². The normalized spacial score (nSPS) is 15.4. The van der Waals surface area contributed by atoms with Crippen molar-refractivity contribution in [3.05, 3.63) is 52.1 Å². The summed E-state index contributed by atoms with van der Waals surface area (Å²) in [4.78, 5) is 27.2. The molecule has 2 aromatic rings. The Bertz CT molecular complexity index is 1060. The minimum absolute atomic E-state index is 0.209. The molecule has 1 unspecified atom stereocenters. The van der Waals surface area contributed by atoms with Crippen LogP contribution in [0.1, 0.15) is 46.7 Å². The van der Waals surface area contributed by atoms with Crippen molar-refractivity contribution in [1.82, 2.24) is 14.8 Å². The van der Waals surface area contributed by atoms with E-state index in [9.17, 15) is 19.1 Å². The maximum atomic E-state index is 13.7. The van der Waals surface area contributed by atoms with Gasteiger partial charge in [0, 0.05) is 42.8 Å². The van der Waals surface area contributed by atoms with Gasteiger partial charge in [-0.2, -0.15) is 0 Å². The molecule has 0 saturated carbocycles. The molecule has 0 spiro atoms. The summed E-state index contributed by atoms with van der Waals surface area (Å²) in [5, 5.41) is 15.4. The van der Waals surface area contributed by atoms with Crippen LogP contribution in [0.25, 0.3) is 11.6 Å². The molecule has 31 heavy (non-hydrogen) atoms. The van der Waals surface area contributed by atoms with Crippen LogP contribution in [-0.4, -0.2) is 52.3 Å². The molecule has 166 valence electrons. The Hall–Kier alpha value is -2.97. The van der Waals surface area contributed by atoms with E-state index in [0.717, 1.165) is 11.3 Å². The van der Waals surface area contributed by atoms with Gasteiger partial charge in [-0.05, 0) is 57.2 Å². The predicted octanol–water partition coefficient (Wildman–Crippen LogP) is 2.66. The highest BCUT2D eigenvalue weighted by molar-refractivity contribution is 6.35. The van der Waals surface area contributed by atoms with E-state index >= 15 is 0 Å². The number of hydrogen-bond donors (Lipinski definition) is 3. The van der Waals surface area contributed by atoms with Gasteiger partial charge in [-0.25, -0.2) is 4.39 Å². The first-order chi connectivity index (χ1) is 14.6. The highest BCUT2D eigenvalue weighted by atomic mass is 19.1. The Morgan fingerprint density at radius 3 is 2.74 bits per heavy atom. The van der Waals surface area contributed by atoms with Crippen molar-refractivity contribution in [2.75, 3.05) is 25.0 Å². The molecule has 3 N–H and O–H groups in total. The number of carbonyl (C=O) groups is 2. The van der Waals surface area contributed by atoms with Gasteiger partial charge >= 0.3 is 0 Å². The highest BCUT2D eigenvalue weighted by Crippen LogP contribution is 2.35. The van der Waals surface area contributed by atoms with Crippen LogP contribution in [0.3, 0.4) is 0 Å². The largest absolute Gasteiger partial charge is 0.379 e. The number of likely N-dealkylation sites (N-methyl/N-ethyl adjacent to an activating group) is 1. The van der Waals surface area contributed by atoms with Gasteiger partial charge in [0.15, 0.2) is 0 Å². The van der Waals surface area contributed by atoms with Crippen LogP contribution in [0, 0.1) is 19.7 Å². The van der Waals surface area contributed by atoms with Crippen molar-refractivity contribution < 1.29 is 19.1 Å². The lowest BCUT2D eigenvalue weighted by molar-refractivity contribution is -0.110. The lowest BCUT2D eigenvalue weighted by Gasteiger charge is -2.23. The standard InChI is InChI=1S/C23H29FN4O3/c1-6-28(15(4)29)10-9-25-23(31)21-13(2)20(27(5)14(21)3)12-18-17-11-16(24)7-8-19(17)26-22(18)30/h7-8,11-12,15,29H,6,9-10H2,1-5H3,(H,25,31)(H,26,30). The van der Waals surface area contributed by atoms with Gasteiger partial charge in [0.05, 0.1) is 11.1 Å². The Morgan fingerprint density at radius 1 is 1.39 bits per heavy atom. The van der Waals surface area contributed by atoms with Crippen LogP contribution in [-0.2, 0) is 11.8 Å².